The Morgan fingerprint density at radius 3 is 2.45 bits per heavy atom. The third kappa shape index (κ3) is 1.75. The fourth-order valence-electron chi connectivity index (χ4n) is 3.19. The van der Waals surface area contributed by atoms with Gasteiger partial charge in [-0.15, -0.1) is 0 Å². The molecule has 2 aromatic rings. The van der Waals surface area contributed by atoms with Gasteiger partial charge in [-0.25, -0.2) is 4.79 Å². The summed E-state index contributed by atoms with van der Waals surface area (Å²) < 4.78 is 3.41. The molecule has 1 aromatic carbocycles. The summed E-state index contributed by atoms with van der Waals surface area (Å²) >= 11 is 0. The number of aromatic nitrogens is 2. The van der Waals surface area contributed by atoms with Crippen LogP contribution < -0.4 is 11.4 Å². The molecule has 1 unspecified atom stereocenters. The summed E-state index contributed by atoms with van der Waals surface area (Å²) in [4.78, 5) is 12.4. The highest BCUT2D eigenvalue weighted by Crippen LogP contribution is 2.51. The zero-order valence-electron chi connectivity index (χ0n) is 12.3. The van der Waals surface area contributed by atoms with Crippen LogP contribution >= 0.6 is 0 Å². The van der Waals surface area contributed by atoms with Crippen molar-refractivity contribution in [3.63, 3.8) is 0 Å². The van der Waals surface area contributed by atoms with E-state index in [2.05, 4.69) is 13.0 Å². The maximum absolute atomic E-state index is 12.4. The van der Waals surface area contributed by atoms with E-state index in [9.17, 15) is 4.79 Å². The first-order valence-electron chi connectivity index (χ1n) is 7.08. The molecule has 1 heterocycles. The molecule has 106 valence electrons. The van der Waals surface area contributed by atoms with Crippen LogP contribution in [0.2, 0.25) is 0 Å². The Balaban J connectivity index is 2.24. The fraction of sp³-hybridized carbons (Fsp3) is 0.438. The second-order valence-corrected chi connectivity index (χ2v) is 5.96. The molecule has 1 fully saturated rings. The molecule has 20 heavy (non-hydrogen) atoms. The van der Waals surface area contributed by atoms with Crippen molar-refractivity contribution < 1.29 is 0 Å². The van der Waals surface area contributed by atoms with Crippen molar-refractivity contribution in [2.45, 2.75) is 38.1 Å². The Kier molecular flexibility index (Phi) is 2.87. The van der Waals surface area contributed by atoms with Crippen molar-refractivity contribution in [1.29, 1.82) is 0 Å². The van der Waals surface area contributed by atoms with Crippen LogP contribution in [0.1, 0.15) is 31.0 Å². The molecule has 3 rings (SSSR count). The van der Waals surface area contributed by atoms with E-state index in [0.29, 0.717) is 0 Å². The summed E-state index contributed by atoms with van der Waals surface area (Å²) in [6.45, 7) is 4.02. The highest BCUT2D eigenvalue weighted by atomic mass is 16.1. The highest BCUT2D eigenvalue weighted by Gasteiger charge is 2.48. The predicted octanol–water partition coefficient (Wildman–Crippen LogP) is 1.86. The van der Waals surface area contributed by atoms with Crippen LogP contribution in [0.4, 0.5) is 0 Å². The van der Waals surface area contributed by atoms with Crippen LogP contribution in [0.3, 0.4) is 0 Å². The molecule has 1 atom stereocenters. The van der Waals surface area contributed by atoms with Crippen LogP contribution in [0, 0.1) is 6.92 Å². The van der Waals surface area contributed by atoms with Gasteiger partial charge in [0.25, 0.3) is 0 Å². The minimum Gasteiger partial charge on any atom is -0.327 e. The van der Waals surface area contributed by atoms with Crippen LogP contribution in [0.15, 0.2) is 35.3 Å². The maximum Gasteiger partial charge on any atom is 0.332 e. The number of imidazole rings is 1. The summed E-state index contributed by atoms with van der Waals surface area (Å²) in [5.41, 5.74) is 9.36. The second kappa shape index (κ2) is 4.35. The van der Waals surface area contributed by atoms with Crippen LogP contribution in [-0.4, -0.2) is 15.2 Å². The molecular weight excluding hydrogens is 250 g/mol. The Morgan fingerprint density at radius 2 is 1.95 bits per heavy atom. The third-order valence-electron chi connectivity index (χ3n) is 4.57. The number of nitrogens with zero attached hydrogens (tertiary/aromatic N) is 2. The molecule has 0 amide bonds. The zero-order chi connectivity index (χ0) is 14.5. The van der Waals surface area contributed by atoms with Crippen molar-refractivity contribution >= 4 is 0 Å². The molecule has 0 bridgehead atoms. The monoisotopic (exact) mass is 271 g/mol. The van der Waals surface area contributed by atoms with Crippen LogP contribution in [0.25, 0.3) is 5.69 Å². The number of benzene rings is 1. The summed E-state index contributed by atoms with van der Waals surface area (Å²) in [6, 6.07) is 8.25. The van der Waals surface area contributed by atoms with Crippen molar-refractivity contribution in [2.24, 2.45) is 12.8 Å². The van der Waals surface area contributed by atoms with E-state index in [0.717, 1.165) is 24.2 Å². The molecular formula is C16H21N3O. The second-order valence-electron chi connectivity index (χ2n) is 5.96. The van der Waals surface area contributed by atoms with Crippen molar-refractivity contribution in [2.75, 3.05) is 0 Å². The van der Waals surface area contributed by atoms with Gasteiger partial charge in [0, 0.05) is 30.4 Å². The van der Waals surface area contributed by atoms with Gasteiger partial charge in [-0.1, -0.05) is 18.2 Å². The molecule has 1 aliphatic carbocycles. The lowest BCUT2D eigenvalue weighted by Gasteiger charge is -2.23. The lowest BCUT2D eigenvalue weighted by molar-refractivity contribution is 0.553. The summed E-state index contributed by atoms with van der Waals surface area (Å²) in [5, 5.41) is 0. The van der Waals surface area contributed by atoms with Crippen LogP contribution in [0.5, 0.6) is 0 Å². The smallest absolute Gasteiger partial charge is 0.327 e. The minimum atomic E-state index is -0.00424. The zero-order valence-corrected chi connectivity index (χ0v) is 12.3. The van der Waals surface area contributed by atoms with Gasteiger partial charge >= 0.3 is 5.69 Å². The van der Waals surface area contributed by atoms with E-state index in [1.54, 1.807) is 16.2 Å². The van der Waals surface area contributed by atoms with Gasteiger partial charge in [0.15, 0.2) is 0 Å². The Bertz CT molecular complexity index is 705. The lowest BCUT2D eigenvalue weighted by Crippen LogP contribution is -2.33. The van der Waals surface area contributed by atoms with E-state index >= 15 is 0 Å². The summed E-state index contributed by atoms with van der Waals surface area (Å²) in [5.74, 6) is 0. The quantitative estimate of drug-likeness (QED) is 0.926. The largest absolute Gasteiger partial charge is 0.332 e. The van der Waals surface area contributed by atoms with Gasteiger partial charge in [0.2, 0.25) is 0 Å². The number of aryl methyl sites for hydroxylation is 2. The fourth-order valence-corrected chi connectivity index (χ4v) is 3.19. The normalized spacial score (nSPS) is 18.0. The van der Waals surface area contributed by atoms with Gasteiger partial charge in [0.05, 0.1) is 5.69 Å². The molecule has 0 spiro atoms. The minimum absolute atomic E-state index is 0.00424. The van der Waals surface area contributed by atoms with E-state index in [1.165, 1.54) is 5.56 Å². The molecule has 2 N–H and O–H groups in total. The molecule has 1 aliphatic rings. The molecule has 4 heteroatoms. The summed E-state index contributed by atoms with van der Waals surface area (Å²) in [7, 11) is 1.78. The van der Waals surface area contributed by atoms with Gasteiger partial charge < -0.3 is 10.3 Å². The van der Waals surface area contributed by atoms with E-state index in [-0.39, 0.29) is 17.1 Å². The Hall–Kier alpha value is -1.81. The number of hydrogen-bond donors (Lipinski definition) is 1. The third-order valence-corrected chi connectivity index (χ3v) is 4.57. The van der Waals surface area contributed by atoms with Gasteiger partial charge in [-0.2, -0.15) is 0 Å². The number of hydrogen-bond acceptors (Lipinski definition) is 2. The standard InChI is InChI=1S/C16H21N3O/c1-11-10-18(3)15(20)19(11)14-7-5-4-6-13(14)16(8-9-16)12(2)17/h4-7,10,12H,8-9,17H2,1-3H3. The molecule has 0 aliphatic heterocycles. The topological polar surface area (TPSA) is 53.0 Å². The average molecular weight is 271 g/mol. The van der Waals surface area contributed by atoms with E-state index < -0.39 is 0 Å². The number of rotatable bonds is 3. The average Bonchev–Trinajstić information content (AvgIpc) is 3.16. The maximum atomic E-state index is 12.4. The molecule has 4 nitrogen and oxygen atoms in total. The Labute approximate surface area is 118 Å². The first kappa shape index (κ1) is 13.2. The van der Waals surface area contributed by atoms with E-state index in [4.69, 9.17) is 5.73 Å². The highest BCUT2D eigenvalue weighted by molar-refractivity contribution is 5.50. The molecule has 0 radical (unpaired) electrons. The van der Waals surface area contributed by atoms with Gasteiger partial charge in [0.1, 0.15) is 0 Å². The first-order valence-corrected chi connectivity index (χ1v) is 7.08. The first-order chi connectivity index (χ1) is 9.47. The molecule has 1 aromatic heterocycles. The Morgan fingerprint density at radius 1 is 1.30 bits per heavy atom. The van der Waals surface area contributed by atoms with Crippen molar-refractivity contribution in [3.05, 3.63) is 52.2 Å². The van der Waals surface area contributed by atoms with Gasteiger partial charge in [-0.3, -0.25) is 4.57 Å². The lowest BCUT2D eigenvalue weighted by atomic mass is 9.88. The SMILES string of the molecule is Cc1cn(C)c(=O)n1-c1ccccc1C1(C(C)N)CC1. The molecule has 0 saturated heterocycles. The number of nitrogens with two attached hydrogens (primary N) is 1. The molecule has 1 saturated carbocycles. The van der Waals surface area contributed by atoms with Crippen molar-refractivity contribution in [1.82, 2.24) is 9.13 Å². The van der Waals surface area contributed by atoms with E-state index in [1.807, 2.05) is 31.3 Å². The van der Waals surface area contributed by atoms with Crippen LogP contribution in [-0.2, 0) is 12.5 Å². The predicted molar refractivity (Wildman–Crippen MR) is 80.3 cm³/mol. The van der Waals surface area contributed by atoms with Crippen molar-refractivity contribution in [3.8, 4) is 5.69 Å². The number of para-hydroxylation sites is 1. The summed E-state index contributed by atoms with van der Waals surface area (Å²) in [6.07, 6.45) is 4.06. The van der Waals surface area contributed by atoms with Gasteiger partial charge in [-0.05, 0) is 38.3 Å².